The Morgan fingerprint density at radius 1 is 1.37 bits per heavy atom. The maximum atomic E-state index is 10.9. The minimum atomic E-state index is -0.936. The Morgan fingerprint density at radius 2 is 2.16 bits per heavy atom. The number of benzene rings is 1. The van der Waals surface area contributed by atoms with E-state index < -0.39 is 5.97 Å². The van der Waals surface area contributed by atoms with E-state index in [-0.39, 0.29) is 5.56 Å². The van der Waals surface area contributed by atoms with Crippen molar-refractivity contribution in [2.24, 2.45) is 0 Å². The first-order valence-corrected chi connectivity index (χ1v) is 7.55. The van der Waals surface area contributed by atoms with Crippen LogP contribution >= 0.6 is 38.9 Å². The van der Waals surface area contributed by atoms with Gasteiger partial charge in [0, 0.05) is 21.6 Å². The molecule has 0 saturated heterocycles. The average molecular weight is 361 g/mol. The molecule has 100 valence electrons. The Bertz CT molecular complexity index is 600. The van der Waals surface area contributed by atoms with E-state index in [9.17, 15) is 4.79 Å². The molecule has 1 aromatic heterocycles. The molecule has 19 heavy (non-hydrogen) atoms. The zero-order chi connectivity index (χ0) is 13.8. The fraction of sp³-hybridized carbons (Fsp3) is 0.154. The van der Waals surface area contributed by atoms with Crippen LogP contribution < -0.4 is 5.32 Å². The number of anilines is 1. The Balaban J connectivity index is 1.97. The monoisotopic (exact) mass is 359 g/mol. The van der Waals surface area contributed by atoms with Gasteiger partial charge < -0.3 is 10.4 Å². The van der Waals surface area contributed by atoms with Gasteiger partial charge in [-0.1, -0.05) is 27.5 Å². The van der Waals surface area contributed by atoms with Crippen molar-refractivity contribution in [3.63, 3.8) is 0 Å². The van der Waals surface area contributed by atoms with E-state index in [1.165, 1.54) is 4.88 Å². The molecule has 0 spiro atoms. The normalized spacial score (nSPS) is 10.4. The first-order valence-electron chi connectivity index (χ1n) is 5.56. The van der Waals surface area contributed by atoms with Crippen molar-refractivity contribution in [2.75, 3.05) is 11.9 Å². The van der Waals surface area contributed by atoms with Crippen LogP contribution in [0.1, 0.15) is 15.2 Å². The minimum Gasteiger partial charge on any atom is -0.478 e. The molecule has 2 N–H and O–H groups in total. The summed E-state index contributed by atoms with van der Waals surface area (Å²) in [5.74, 6) is -0.936. The lowest BCUT2D eigenvalue weighted by molar-refractivity contribution is 0.0697. The third-order valence-electron chi connectivity index (χ3n) is 2.47. The number of rotatable bonds is 5. The van der Waals surface area contributed by atoms with Crippen molar-refractivity contribution in [3.8, 4) is 0 Å². The molecular formula is C13H11BrClNO2S. The molecule has 6 heteroatoms. The topological polar surface area (TPSA) is 49.3 Å². The summed E-state index contributed by atoms with van der Waals surface area (Å²) in [6.07, 6.45) is 0.853. The fourth-order valence-electron chi connectivity index (χ4n) is 1.63. The van der Waals surface area contributed by atoms with Gasteiger partial charge in [-0.25, -0.2) is 4.79 Å². The van der Waals surface area contributed by atoms with Gasteiger partial charge in [0.15, 0.2) is 0 Å². The molecule has 0 radical (unpaired) electrons. The molecule has 0 aliphatic carbocycles. The van der Waals surface area contributed by atoms with E-state index in [1.54, 1.807) is 23.5 Å². The Kier molecular flexibility index (Phi) is 4.85. The molecule has 2 rings (SSSR count). The van der Waals surface area contributed by atoms with E-state index in [4.69, 9.17) is 16.7 Å². The summed E-state index contributed by atoms with van der Waals surface area (Å²) in [5, 5.41) is 12.2. The van der Waals surface area contributed by atoms with Gasteiger partial charge in [-0.15, -0.1) is 11.3 Å². The Hall–Kier alpha value is -1.04. The second-order valence-electron chi connectivity index (χ2n) is 3.92. The molecule has 0 aliphatic rings. The highest BCUT2D eigenvalue weighted by Gasteiger charge is 2.06. The first-order chi connectivity index (χ1) is 9.04. The Morgan fingerprint density at radius 3 is 2.79 bits per heavy atom. The smallest absolute Gasteiger partial charge is 0.335 e. The van der Waals surface area contributed by atoms with E-state index in [1.807, 2.05) is 18.2 Å². The lowest BCUT2D eigenvalue weighted by Gasteiger charge is -2.07. The molecule has 0 fully saturated rings. The zero-order valence-corrected chi connectivity index (χ0v) is 13.0. The quantitative estimate of drug-likeness (QED) is 0.824. The van der Waals surface area contributed by atoms with Gasteiger partial charge in [0.1, 0.15) is 0 Å². The van der Waals surface area contributed by atoms with Crippen molar-refractivity contribution in [3.05, 3.63) is 49.6 Å². The minimum absolute atomic E-state index is 0.260. The van der Waals surface area contributed by atoms with Crippen LogP contribution in [-0.4, -0.2) is 17.6 Å². The lowest BCUT2D eigenvalue weighted by Crippen LogP contribution is -2.05. The number of carboxylic acids is 1. The highest BCUT2D eigenvalue weighted by molar-refractivity contribution is 9.10. The van der Waals surface area contributed by atoms with E-state index in [0.29, 0.717) is 0 Å². The first kappa shape index (κ1) is 14.4. The number of hydrogen-bond donors (Lipinski definition) is 2. The van der Waals surface area contributed by atoms with Gasteiger partial charge in [-0.3, -0.25) is 0 Å². The van der Waals surface area contributed by atoms with Gasteiger partial charge >= 0.3 is 5.97 Å². The molecule has 1 heterocycles. The zero-order valence-electron chi connectivity index (χ0n) is 9.82. The highest BCUT2D eigenvalue weighted by Crippen LogP contribution is 2.23. The lowest BCUT2D eigenvalue weighted by atomic mass is 10.2. The van der Waals surface area contributed by atoms with Gasteiger partial charge in [0.25, 0.3) is 0 Å². The average Bonchev–Trinajstić information content (AvgIpc) is 2.74. The van der Waals surface area contributed by atoms with Crippen molar-refractivity contribution < 1.29 is 9.90 Å². The van der Waals surface area contributed by atoms with Crippen LogP contribution in [0.3, 0.4) is 0 Å². The molecule has 0 bridgehead atoms. The van der Waals surface area contributed by atoms with Crippen molar-refractivity contribution in [2.45, 2.75) is 6.42 Å². The third-order valence-corrected chi connectivity index (χ3v) is 4.22. The molecule has 0 aliphatic heterocycles. The SMILES string of the molecule is O=C(O)c1cc(Br)cc(NCCc2ccc(Cl)s2)c1. The number of nitrogens with one attached hydrogen (secondary N) is 1. The van der Waals surface area contributed by atoms with Crippen LogP contribution in [0.5, 0.6) is 0 Å². The molecule has 0 unspecified atom stereocenters. The largest absolute Gasteiger partial charge is 0.478 e. The van der Waals surface area contributed by atoms with Crippen LogP contribution in [0.15, 0.2) is 34.8 Å². The number of thiophene rings is 1. The van der Waals surface area contributed by atoms with E-state index >= 15 is 0 Å². The predicted molar refractivity (Wildman–Crippen MR) is 82.6 cm³/mol. The van der Waals surface area contributed by atoms with Crippen molar-refractivity contribution >= 4 is 50.5 Å². The second-order valence-corrected chi connectivity index (χ2v) is 6.63. The molecule has 3 nitrogen and oxygen atoms in total. The van der Waals surface area contributed by atoms with Crippen molar-refractivity contribution in [1.29, 1.82) is 0 Å². The summed E-state index contributed by atoms with van der Waals surface area (Å²) >= 11 is 10.7. The molecule has 1 aromatic carbocycles. The number of carbonyl (C=O) groups is 1. The summed E-state index contributed by atoms with van der Waals surface area (Å²) in [6, 6.07) is 8.93. The van der Waals surface area contributed by atoms with Crippen LogP contribution in [0.4, 0.5) is 5.69 Å². The van der Waals surface area contributed by atoms with Gasteiger partial charge in [0.05, 0.1) is 9.90 Å². The molecule has 0 saturated carbocycles. The maximum Gasteiger partial charge on any atom is 0.335 e. The Labute approximate surface area is 128 Å². The summed E-state index contributed by atoms with van der Waals surface area (Å²) in [6.45, 7) is 0.729. The number of aromatic carboxylic acids is 1. The maximum absolute atomic E-state index is 10.9. The summed E-state index contributed by atoms with van der Waals surface area (Å²) in [5.41, 5.74) is 1.05. The molecule has 0 amide bonds. The van der Waals surface area contributed by atoms with Gasteiger partial charge in [0.2, 0.25) is 0 Å². The summed E-state index contributed by atoms with van der Waals surface area (Å²) in [4.78, 5) is 12.1. The number of hydrogen-bond acceptors (Lipinski definition) is 3. The standard InChI is InChI=1S/C13H11BrClNO2S/c14-9-5-8(13(17)18)6-10(7-9)16-4-3-11-1-2-12(15)19-11/h1-2,5-7,16H,3-4H2,(H,17,18). The second kappa shape index (κ2) is 6.41. The highest BCUT2D eigenvalue weighted by atomic mass is 79.9. The summed E-state index contributed by atoms with van der Waals surface area (Å²) < 4.78 is 1.53. The summed E-state index contributed by atoms with van der Waals surface area (Å²) in [7, 11) is 0. The fourth-order valence-corrected chi connectivity index (χ4v) is 3.21. The van der Waals surface area contributed by atoms with Crippen LogP contribution in [0, 0.1) is 0 Å². The van der Waals surface area contributed by atoms with Crippen LogP contribution in [0.2, 0.25) is 4.34 Å². The third kappa shape index (κ3) is 4.23. The molecular weight excluding hydrogens is 350 g/mol. The molecule has 2 aromatic rings. The van der Waals surface area contributed by atoms with Crippen LogP contribution in [-0.2, 0) is 6.42 Å². The van der Waals surface area contributed by atoms with Crippen molar-refractivity contribution in [1.82, 2.24) is 0 Å². The van der Waals surface area contributed by atoms with E-state index in [0.717, 1.165) is 27.5 Å². The number of carboxylic acid groups (broad SMARTS) is 1. The predicted octanol–water partition coefficient (Wildman–Crippen LogP) is 4.52. The van der Waals surface area contributed by atoms with E-state index in [2.05, 4.69) is 21.2 Å². The number of halogens is 2. The molecule has 0 atom stereocenters. The van der Waals surface area contributed by atoms with Gasteiger partial charge in [-0.05, 0) is 36.8 Å². The van der Waals surface area contributed by atoms with Crippen LogP contribution in [0.25, 0.3) is 0 Å². The van der Waals surface area contributed by atoms with Gasteiger partial charge in [-0.2, -0.15) is 0 Å².